The third-order valence-corrected chi connectivity index (χ3v) is 3.33. The summed E-state index contributed by atoms with van der Waals surface area (Å²) in [6.45, 7) is 10.4. The summed E-state index contributed by atoms with van der Waals surface area (Å²) in [6.07, 6.45) is 12.1. The first kappa shape index (κ1) is 13.3. The van der Waals surface area contributed by atoms with Gasteiger partial charge in [0.15, 0.2) is 0 Å². The average molecular weight is 221 g/mol. The van der Waals surface area contributed by atoms with E-state index in [-0.39, 0.29) is 0 Å². The van der Waals surface area contributed by atoms with Crippen LogP contribution in [0.3, 0.4) is 0 Å². The maximum atomic E-state index is 2.58. The van der Waals surface area contributed by atoms with E-state index < -0.39 is 0 Å². The number of hydrogen-bond donors (Lipinski definition) is 0. The fraction of sp³-hybridized carbons (Fsp3) is 0.733. The molecule has 0 spiro atoms. The molecule has 1 aliphatic carbocycles. The van der Waals surface area contributed by atoms with Crippen molar-refractivity contribution in [2.45, 2.75) is 59.4 Å². The van der Waals surface area contributed by atoms with Crippen LogP contribution < -0.4 is 0 Å². The lowest BCUT2D eigenvalue weighted by Crippen LogP contribution is -2.33. The molecule has 0 amide bonds. The van der Waals surface area contributed by atoms with Crippen molar-refractivity contribution in [3.8, 4) is 0 Å². The zero-order chi connectivity index (χ0) is 12.0. The SMILES string of the molecule is CCCC(C)N(CCC)C1=CC[C@H](C)C=C1. The fourth-order valence-electron chi connectivity index (χ4n) is 2.35. The maximum Gasteiger partial charge on any atom is 0.0325 e. The molecule has 0 saturated heterocycles. The van der Waals surface area contributed by atoms with Crippen molar-refractivity contribution < 1.29 is 0 Å². The van der Waals surface area contributed by atoms with E-state index in [9.17, 15) is 0 Å². The van der Waals surface area contributed by atoms with Crippen LogP contribution in [0.15, 0.2) is 23.9 Å². The third-order valence-electron chi connectivity index (χ3n) is 3.33. The molecule has 1 rings (SSSR count). The van der Waals surface area contributed by atoms with Crippen molar-refractivity contribution in [1.82, 2.24) is 4.90 Å². The average Bonchev–Trinajstić information content (AvgIpc) is 2.28. The second-order valence-electron chi connectivity index (χ2n) is 5.03. The van der Waals surface area contributed by atoms with Crippen molar-refractivity contribution >= 4 is 0 Å². The molecular weight excluding hydrogens is 194 g/mol. The smallest absolute Gasteiger partial charge is 0.0325 e. The van der Waals surface area contributed by atoms with Gasteiger partial charge in [-0.3, -0.25) is 0 Å². The van der Waals surface area contributed by atoms with Crippen LogP contribution in [0.2, 0.25) is 0 Å². The van der Waals surface area contributed by atoms with Gasteiger partial charge in [0.1, 0.15) is 0 Å². The van der Waals surface area contributed by atoms with Gasteiger partial charge in [-0.15, -0.1) is 0 Å². The highest BCUT2D eigenvalue weighted by atomic mass is 15.2. The van der Waals surface area contributed by atoms with Crippen molar-refractivity contribution in [2.24, 2.45) is 5.92 Å². The summed E-state index contributed by atoms with van der Waals surface area (Å²) in [5.74, 6) is 0.716. The highest BCUT2D eigenvalue weighted by molar-refractivity contribution is 5.23. The van der Waals surface area contributed by atoms with Crippen LogP contribution in [0.5, 0.6) is 0 Å². The lowest BCUT2D eigenvalue weighted by Gasteiger charge is -2.33. The molecule has 0 fully saturated rings. The number of allylic oxidation sites excluding steroid dienone is 3. The molecule has 16 heavy (non-hydrogen) atoms. The monoisotopic (exact) mass is 221 g/mol. The van der Waals surface area contributed by atoms with Gasteiger partial charge < -0.3 is 4.90 Å². The van der Waals surface area contributed by atoms with Crippen molar-refractivity contribution in [3.05, 3.63) is 23.9 Å². The predicted molar refractivity (Wildman–Crippen MR) is 72.4 cm³/mol. The molecule has 92 valence electrons. The first-order valence-electron chi connectivity index (χ1n) is 6.84. The van der Waals surface area contributed by atoms with Crippen LogP contribution in [0.1, 0.15) is 53.4 Å². The molecule has 0 radical (unpaired) electrons. The van der Waals surface area contributed by atoms with Gasteiger partial charge in [-0.1, -0.05) is 39.3 Å². The number of hydrogen-bond acceptors (Lipinski definition) is 1. The summed E-state index contributed by atoms with van der Waals surface area (Å²) in [4.78, 5) is 2.58. The topological polar surface area (TPSA) is 3.24 Å². The lowest BCUT2D eigenvalue weighted by molar-refractivity contribution is 0.259. The van der Waals surface area contributed by atoms with E-state index >= 15 is 0 Å². The van der Waals surface area contributed by atoms with Gasteiger partial charge in [0, 0.05) is 18.3 Å². The van der Waals surface area contributed by atoms with E-state index in [1.807, 2.05) is 0 Å². The van der Waals surface area contributed by atoms with Gasteiger partial charge in [0.25, 0.3) is 0 Å². The molecule has 1 aliphatic rings. The van der Waals surface area contributed by atoms with Crippen molar-refractivity contribution in [3.63, 3.8) is 0 Å². The zero-order valence-electron chi connectivity index (χ0n) is 11.4. The molecular formula is C15H27N. The zero-order valence-corrected chi connectivity index (χ0v) is 11.4. The van der Waals surface area contributed by atoms with Crippen LogP contribution >= 0.6 is 0 Å². The van der Waals surface area contributed by atoms with Crippen LogP contribution in [0.4, 0.5) is 0 Å². The van der Waals surface area contributed by atoms with E-state index in [1.54, 1.807) is 0 Å². The standard InChI is InChI=1S/C15H27N/c1-5-7-14(4)16(12-6-2)15-10-8-13(3)9-11-15/h8,10-11,13-14H,5-7,9,12H2,1-4H3/t13-,14?/m1/s1. The normalized spacial score (nSPS) is 21.8. The summed E-state index contributed by atoms with van der Waals surface area (Å²) in [6, 6.07) is 0.675. The Labute approximate surface area is 101 Å². The minimum atomic E-state index is 0.675. The Morgan fingerprint density at radius 1 is 1.38 bits per heavy atom. The van der Waals surface area contributed by atoms with Crippen LogP contribution in [0, 0.1) is 5.92 Å². The Bertz CT molecular complexity index is 252. The van der Waals surface area contributed by atoms with E-state index in [2.05, 4.69) is 50.8 Å². The van der Waals surface area contributed by atoms with E-state index in [0.717, 1.165) is 0 Å². The fourth-order valence-corrected chi connectivity index (χ4v) is 2.35. The second-order valence-corrected chi connectivity index (χ2v) is 5.03. The largest absolute Gasteiger partial charge is 0.369 e. The Hall–Kier alpha value is -0.720. The second kappa shape index (κ2) is 6.78. The Morgan fingerprint density at radius 2 is 2.12 bits per heavy atom. The van der Waals surface area contributed by atoms with Crippen LogP contribution in [-0.4, -0.2) is 17.5 Å². The van der Waals surface area contributed by atoms with Crippen LogP contribution in [-0.2, 0) is 0 Å². The molecule has 1 heteroatoms. The first-order chi connectivity index (χ1) is 7.69. The molecule has 1 nitrogen and oxygen atoms in total. The summed E-state index contributed by atoms with van der Waals surface area (Å²) in [7, 11) is 0. The molecule has 0 heterocycles. The van der Waals surface area contributed by atoms with Gasteiger partial charge in [-0.25, -0.2) is 0 Å². The Balaban J connectivity index is 2.66. The van der Waals surface area contributed by atoms with Gasteiger partial charge in [0.05, 0.1) is 0 Å². The molecule has 0 aliphatic heterocycles. The number of rotatable bonds is 6. The molecule has 0 saturated carbocycles. The molecule has 0 aromatic heterocycles. The predicted octanol–water partition coefficient (Wildman–Crippen LogP) is 4.37. The molecule has 2 atom stereocenters. The van der Waals surface area contributed by atoms with E-state index in [0.29, 0.717) is 12.0 Å². The van der Waals surface area contributed by atoms with Gasteiger partial charge in [0.2, 0.25) is 0 Å². The summed E-state index contributed by atoms with van der Waals surface area (Å²) in [5.41, 5.74) is 1.45. The molecule has 0 bridgehead atoms. The minimum Gasteiger partial charge on any atom is -0.369 e. The van der Waals surface area contributed by atoms with Crippen molar-refractivity contribution in [2.75, 3.05) is 6.54 Å². The highest BCUT2D eigenvalue weighted by Gasteiger charge is 2.15. The van der Waals surface area contributed by atoms with Crippen molar-refractivity contribution in [1.29, 1.82) is 0 Å². The van der Waals surface area contributed by atoms with E-state index in [4.69, 9.17) is 0 Å². The molecule has 0 N–H and O–H groups in total. The van der Waals surface area contributed by atoms with Gasteiger partial charge >= 0.3 is 0 Å². The van der Waals surface area contributed by atoms with Crippen LogP contribution in [0.25, 0.3) is 0 Å². The highest BCUT2D eigenvalue weighted by Crippen LogP contribution is 2.22. The third kappa shape index (κ3) is 3.70. The number of nitrogens with zero attached hydrogens (tertiary/aromatic N) is 1. The minimum absolute atomic E-state index is 0.675. The molecule has 0 aromatic carbocycles. The van der Waals surface area contributed by atoms with Gasteiger partial charge in [-0.2, -0.15) is 0 Å². The quantitative estimate of drug-likeness (QED) is 0.644. The Morgan fingerprint density at radius 3 is 2.62 bits per heavy atom. The molecule has 0 aromatic rings. The van der Waals surface area contributed by atoms with E-state index in [1.165, 1.54) is 37.9 Å². The summed E-state index contributed by atoms with van der Waals surface area (Å²) >= 11 is 0. The maximum absolute atomic E-state index is 2.58. The molecule has 1 unspecified atom stereocenters. The Kier molecular flexibility index (Phi) is 5.65. The summed E-state index contributed by atoms with van der Waals surface area (Å²) in [5, 5.41) is 0. The summed E-state index contributed by atoms with van der Waals surface area (Å²) < 4.78 is 0. The lowest BCUT2D eigenvalue weighted by atomic mass is 10.00. The van der Waals surface area contributed by atoms with Gasteiger partial charge in [-0.05, 0) is 38.2 Å². The first-order valence-corrected chi connectivity index (χ1v) is 6.84.